The molecule has 148 valence electrons. The Morgan fingerprint density at radius 3 is 2.64 bits per heavy atom. The van der Waals surface area contributed by atoms with E-state index in [9.17, 15) is 9.90 Å². The minimum Gasteiger partial charge on any atom is -0.393 e. The van der Waals surface area contributed by atoms with Crippen molar-refractivity contribution in [2.75, 3.05) is 19.6 Å². The van der Waals surface area contributed by atoms with Crippen LogP contribution in [0.5, 0.6) is 0 Å². The van der Waals surface area contributed by atoms with Gasteiger partial charge in [-0.3, -0.25) is 14.7 Å². The molecule has 2 saturated heterocycles. The van der Waals surface area contributed by atoms with E-state index in [-0.39, 0.29) is 23.8 Å². The molecule has 0 bridgehead atoms. The number of pyridine rings is 1. The zero-order chi connectivity index (χ0) is 19.7. The average Bonchev–Trinajstić information content (AvgIpc) is 2.93. The third-order valence-corrected chi connectivity index (χ3v) is 6.34. The molecule has 0 unspecified atom stereocenters. The maximum atomic E-state index is 12.1. The average molecular weight is 380 g/mol. The predicted molar refractivity (Wildman–Crippen MR) is 109 cm³/mol. The Labute approximate surface area is 167 Å². The Morgan fingerprint density at radius 2 is 1.93 bits per heavy atom. The number of nitrogens with zero attached hydrogens (tertiary/aromatic N) is 3. The van der Waals surface area contributed by atoms with E-state index in [1.807, 2.05) is 30.0 Å². The summed E-state index contributed by atoms with van der Waals surface area (Å²) < 4.78 is 0. The summed E-state index contributed by atoms with van der Waals surface area (Å²) in [5.41, 5.74) is 3.33. The number of amides is 1. The van der Waals surface area contributed by atoms with Gasteiger partial charge in [-0.1, -0.05) is 36.4 Å². The van der Waals surface area contributed by atoms with Gasteiger partial charge in [0.15, 0.2) is 0 Å². The number of fused-ring (bicyclic) bond motifs is 1. The topological polar surface area (TPSA) is 56.7 Å². The molecule has 4 rings (SSSR count). The Bertz CT molecular complexity index is 826. The highest BCUT2D eigenvalue weighted by Crippen LogP contribution is 2.42. The van der Waals surface area contributed by atoms with Gasteiger partial charge >= 0.3 is 0 Å². The van der Waals surface area contributed by atoms with Crippen LogP contribution >= 0.6 is 0 Å². The fourth-order valence-electron chi connectivity index (χ4n) is 4.97. The number of rotatable bonds is 3. The SMILES string of the molecule is CC(=O)N1CC[C@@H](O)[C@@H]2[C@@H](C1)N(Cc1cccc(C)n1)C[C@H]2c1ccccc1. The number of aromatic nitrogens is 1. The number of aryl methyl sites for hydroxylation is 1. The summed E-state index contributed by atoms with van der Waals surface area (Å²) in [4.78, 5) is 21.1. The van der Waals surface area contributed by atoms with E-state index in [0.29, 0.717) is 19.5 Å². The van der Waals surface area contributed by atoms with Gasteiger partial charge in [0.05, 0.1) is 11.8 Å². The van der Waals surface area contributed by atoms with Crippen LogP contribution in [0.4, 0.5) is 0 Å². The summed E-state index contributed by atoms with van der Waals surface area (Å²) >= 11 is 0. The van der Waals surface area contributed by atoms with Crippen molar-refractivity contribution in [2.45, 2.75) is 44.9 Å². The monoisotopic (exact) mass is 379 g/mol. The zero-order valence-electron chi connectivity index (χ0n) is 16.7. The number of carbonyl (C=O) groups excluding carboxylic acids is 1. The first-order chi connectivity index (χ1) is 13.5. The molecule has 5 heteroatoms. The van der Waals surface area contributed by atoms with Crippen molar-refractivity contribution in [1.29, 1.82) is 0 Å². The first-order valence-corrected chi connectivity index (χ1v) is 10.2. The molecule has 1 aromatic carbocycles. The molecule has 0 saturated carbocycles. The summed E-state index contributed by atoms with van der Waals surface area (Å²) in [7, 11) is 0. The molecule has 0 aliphatic carbocycles. The quantitative estimate of drug-likeness (QED) is 0.891. The van der Waals surface area contributed by atoms with Gasteiger partial charge in [0.2, 0.25) is 5.91 Å². The minimum atomic E-state index is -0.407. The Balaban J connectivity index is 1.67. The first-order valence-electron chi connectivity index (χ1n) is 10.2. The molecule has 28 heavy (non-hydrogen) atoms. The number of aliphatic hydroxyl groups excluding tert-OH is 1. The van der Waals surface area contributed by atoms with Gasteiger partial charge in [-0.2, -0.15) is 0 Å². The van der Waals surface area contributed by atoms with E-state index < -0.39 is 6.10 Å². The Kier molecular flexibility index (Phi) is 5.47. The van der Waals surface area contributed by atoms with Crippen LogP contribution in [0.25, 0.3) is 0 Å². The van der Waals surface area contributed by atoms with E-state index in [2.05, 4.69) is 40.2 Å². The largest absolute Gasteiger partial charge is 0.393 e. The van der Waals surface area contributed by atoms with E-state index in [0.717, 1.165) is 24.5 Å². The molecule has 2 aromatic rings. The number of carbonyl (C=O) groups is 1. The van der Waals surface area contributed by atoms with Crippen LogP contribution in [0, 0.1) is 12.8 Å². The van der Waals surface area contributed by atoms with Crippen molar-refractivity contribution in [2.24, 2.45) is 5.92 Å². The number of hydrogen-bond donors (Lipinski definition) is 1. The number of likely N-dealkylation sites (tertiary alicyclic amines) is 2. The molecule has 1 amide bonds. The van der Waals surface area contributed by atoms with Crippen LogP contribution in [-0.2, 0) is 11.3 Å². The van der Waals surface area contributed by atoms with Crippen molar-refractivity contribution in [1.82, 2.24) is 14.8 Å². The third kappa shape index (κ3) is 3.82. The van der Waals surface area contributed by atoms with Gasteiger partial charge in [0.25, 0.3) is 0 Å². The van der Waals surface area contributed by atoms with Crippen LogP contribution < -0.4 is 0 Å². The summed E-state index contributed by atoms with van der Waals surface area (Å²) in [5.74, 6) is 0.471. The van der Waals surface area contributed by atoms with Crippen molar-refractivity contribution in [3.63, 3.8) is 0 Å². The lowest BCUT2D eigenvalue weighted by Crippen LogP contribution is -2.44. The van der Waals surface area contributed by atoms with Crippen LogP contribution in [-0.4, -0.2) is 57.6 Å². The smallest absolute Gasteiger partial charge is 0.219 e. The second kappa shape index (κ2) is 8.02. The first kappa shape index (κ1) is 19.1. The second-order valence-corrected chi connectivity index (χ2v) is 8.18. The summed E-state index contributed by atoms with van der Waals surface area (Å²) in [6.07, 6.45) is 0.232. The van der Waals surface area contributed by atoms with Gasteiger partial charge in [-0.15, -0.1) is 0 Å². The van der Waals surface area contributed by atoms with Crippen LogP contribution in [0.2, 0.25) is 0 Å². The molecule has 4 atom stereocenters. The lowest BCUT2D eigenvalue weighted by molar-refractivity contribution is -0.129. The standard InChI is InChI=1S/C23H29N3O2/c1-16-7-6-10-19(24-16)13-26-14-20(18-8-4-3-5-9-18)23-21(26)15-25(17(2)27)12-11-22(23)28/h3-10,20-23,28H,11-15H2,1-2H3/t20-,21+,22+,23-/m0/s1. The summed E-state index contributed by atoms with van der Waals surface area (Å²) in [6, 6.07) is 16.8. The molecular weight excluding hydrogens is 350 g/mol. The highest BCUT2D eigenvalue weighted by molar-refractivity contribution is 5.73. The third-order valence-electron chi connectivity index (χ3n) is 6.34. The maximum Gasteiger partial charge on any atom is 0.219 e. The molecule has 5 nitrogen and oxygen atoms in total. The van der Waals surface area contributed by atoms with E-state index in [4.69, 9.17) is 0 Å². The van der Waals surface area contributed by atoms with Gasteiger partial charge in [0.1, 0.15) is 0 Å². The fourth-order valence-corrected chi connectivity index (χ4v) is 4.97. The maximum absolute atomic E-state index is 12.1. The highest BCUT2D eigenvalue weighted by atomic mass is 16.3. The van der Waals surface area contributed by atoms with E-state index in [1.165, 1.54) is 5.56 Å². The second-order valence-electron chi connectivity index (χ2n) is 8.18. The molecule has 2 fully saturated rings. The molecular formula is C23H29N3O2. The predicted octanol–water partition coefficient (Wildman–Crippen LogP) is 2.59. The molecule has 3 heterocycles. The van der Waals surface area contributed by atoms with Crippen LogP contribution in [0.15, 0.2) is 48.5 Å². The van der Waals surface area contributed by atoms with Crippen LogP contribution in [0.3, 0.4) is 0 Å². The lowest BCUT2D eigenvalue weighted by atomic mass is 9.81. The van der Waals surface area contributed by atoms with Gasteiger partial charge in [-0.05, 0) is 31.0 Å². The normalized spacial score (nSPS) is 28.0. The molecule has 2 aliphatic rings. The molecule has 1 aromatic heterocycles. The Hall–Kier alpha value is -2.24. The van der Waals surface area contributed by atoms with Crippen molar-refractivity contribution in [3.05, 3.63) is 65.5 Å². The lowest BCUT2D eigenvalue weighted by Gasteiger charge is -2.31. The van der Waals surface area contributed by atoms with E-state index >= 15 is 0 Å². The van der Waals surface area contributed by atoms with Gasteiger partial charge in [-0.25, -0.2) is 0 Å². The molecule has 2 aliphatic heterocycles. The van der Waals surface area contributed by atoms with Crippen molar-refractivity contribution < 1.29 is 9.90 Å². The number of benzene rings is 1. The zero-order valence-corrected chi connectivity index (χ0v) is 16.7. The van der Waals surface area contributed by atoms with Crippen molar-refractivity contribution >= 4 is 5.91 Å². The Morgan fingerprint density at radius 1 is 1.14 bits per heavy atom. The molecule has 1 N–H and O–H groups in total. The summed E-state index contributed by atoms with van der Waals surface area (Å²) in [6.45, 7) is 6.55. The fraction of sp³-hybridized carbons (Fsp3) is 0.478. The minimum absolute atomic E-state index is 0.0876. The van der Waals surface area contributed by atoms with Crippen LogP contribution in [0.1, 0.15) is 36.2 Å². The van der Waals surface area contributed by atoms with Gasteiger partial charge < -0.3 is 10.0 Å². The summed E-state index contributed by atoms with van der Waals surface area (Å²) in [5, 5.41) is 11.0. The van der Waals surface area contributed by atoms with Gasteiger partial charge in [0, 0.05) is 56.7 Å². The molecule has 0 spiro atoms. The molecule has 0 radical (unpaired) electrons. The van der Waals surface area contributed by atoms with Crippen molar-refractivity contribution in [3.8, 4) is 0 Å². The highest BCUT2D eigenvalue weighted by Gasteiger charge is 2.48. The van der Waals surface area contributed by atoms with E-state index in [1.54, 1.807) is 6.92 Å². The number of aliphatic hydroxyl groups is 1. The number of hydrogen-bond acceptors (Lipinski definition) is 4.